The van der Waals surface area contributed by atoms with E-state index in [9.17, 15) is 4.79 Å². The van der Waals surface area contributed by atoms with Gasteiger partial charge in [-0.05, 0) is 19.2 Å². The summed E-state index contributed by atoms with van der Waals surface area (Å²) in [5.74, 6) is 0.0277. The number of amides is 1. The number of hydrogen-bond donors (Lipinski definition) is 1. The average Bonchev–Trinajstić information content (AvgIpc) is 2.63. The van der Waals surface area contributed by atoms with Crippen LogP contribution in [0.2, 0.25) is 0 Å². The molecule has 7 heteroatoms. The number of ether oxygens (including phenoxy) is 1. The van der Waals surface area contributed by atoms with Crippen LogP contribution in [-0.2, 0) is 4.74 Å². The molecule has 0 aromatic carbocycles. The van der Waals surface area contributed by atoms with Gasteiger partial charge >= 0.3 is 0 Å². The largest absolute Gasteiger partial charge is 0.384 e. The van der Waals surface area contributed by atoms with Crippen molar-refractivity contribution < 1.29 is 9.53 Å². The molecule has 132 valence electrons. The Kier molecular flexibility index (Phi) is 6.01. The highest BCUT2D eigenvalue weighted by atomic mass is 16.5. The molecule has 0 bridgehead atoms. The van der Waals surface area contributed by atoms with Gasteiger partial charge in [-0.25, -0.2) is 0 Å². The molecule has 2 fully saturated rings. The van der Waals surface area contributed by atoms with Crippen LogP contribution in [0.5, 0.6) is 0 Å². The van der Waals surface area contributed by atoms with E-state index in [-0.39, 0.29) is 5.91 Å². The Hall–Kier alpha value is -1.70. The van der Waals surface area contributed by atoms with Crippen molar-refractivity contribution in [3.63, 3.8) is 0 Å². The minimum Gasteiger partial charge on any atom is -0.384 e. The lowest BCUT2D eigenvalue weighted by molar-refractivity contribution is 0.0398. The monoisotopic (exact) mass is 333 g/mol. The Morgan fingerprint density at radius 3 is 2.71 bits per heavy atom. The van der Waals surface area contributed by atoms with Crippen molar-refractivity contribution in [1.29, 1.82) is 0 Å². The zero-order valence-electron chi connectivity index (χ0n) is 14.4. The third-order valence-electron chi connectivity index (χ3n) is 4.63. The molecule has 1 aromatic heterocycles. The number of carbonyl (C=O) groups is 1. The fourth-order valence-corrected chi connectivity index (χ4v) is 3.01. The lowest BCUT2D eigenvalue weighted by Crippen LogP contribution is -2.47. The number of rotatable bonds is 5. The molecule has 2 saturated heterocycles. The molecule has 2 aliphatic rings. The van der Waals surface area contributed by atoms with Crippen LogP contribution in [0.25, 0.3) is 0 Å². The Morgan fingerprint density at radius 2 is 1.96 bits per heavy atom. The summed E-state index contributed by atoms with van der Waals surface area (Å²) in [6, 6.07) is 3.78. The summed E-state index contributed by atoms with van der Waals surface area (Å²) in [7, 11) is 2.08. The molecule has 2 aliphatic heterocycles. The first-order valence-electron chi connectivity index (χ1n) is 8.70. The van der Waals surface area contributed by atoms with Gasteiger partial charge in [-0.1, -0.05) is 0 Å². The first-order chi connectivity index (χ1) is 11.7. The summed E-state index contributed by atoms with van der Waals surface area (Å²) in [6.45, 7) is 8.83. The lowest BCUT2D eigenvalue weighted by atomic mass is 10.2. The molecule has 1 N–H and O–H groups in total. The van der Waals surface area contributed by atoms with E-state index in [1.54, 1.807) is 6.20 Å². The molecule has 0 spiro atoms. The van der Waals surface area contributed by atoms with Gasteiger partial charge in [0.2, 0.25) is 0 Å². The molecule has 0 aliphatic carbocycles. The molecule has 0 saturated carbocycles. The summed E-state index contributed by atoms with van der Waals surface area (Å²) in [4.78, 5) is 23.3. The highest BCUT2D eigenvalue weighted by molar-refractivity contribution is 5.93. The summed E-state index contributed by atoms with van der Waals surface area (Å²) in [5, 5.41) is 3.40. The van der Waals surface area contributed by atoms with Crippen molar-refractivity contribution in [2.24, 2.45) is 0 Å². The van der Waals surface area contributed by atoms with Gasteiger partial charge < -0.3 is 19.9 Å². The van der Waals surface area contributed by atoms with Gasteiger partial charge in [-0.3, -0.25) is 14.7 Å². The molecular formula is C17H27N5O2. The van der Waals surface area contributed by atoms with Crippen LogP contribution in [0.1, 0.15) is 10.5 Å². The number of morpholine rings is 1. The summed E-state index contributed by atoms with van der Waals surface area (Å²) in [5.41, 5.74) is 1.48. The number of nitrogens with zero attached hydrogens (tertiary/aromatic N) is 4. The van der Waals surface area contributed by atoms with E-state index in [1.165, 1.54) is 0 Å². The van der Waals surface area contributed by atoms with Gasteiger partial charge in [0.15, 0.2) is 0 Å². The fraction of sp³-hybridized carbons (Fsp3) is 0.647. The molecule has 3 rings (SSSR count). The molecule has 0 atom stereocenters. The Bertz CT molecular complexity index is 540. The molecule has 1 amide bonds. The average molecular weight is 333 g/mol. The highest BCUT2D eigenvalue weighted by Gasteiger charge is 2.21. The van der Waals surface area contributed by atoms with Crippen molar-refractivity contribution in [2.75, 3.05) is 77.9 Å². The standard InChI is InChI=1S/C17H27N5O2/c1-20-6-8-22(9-7-20)17(23)16-14-15(2-3-19-16)18-4-5-21-10-12-24-13-11-21/h2-3,14H,4-13H2,1H3,(H,18,19). The number of anilines is 1. The van der Waals surface area contributed by atoms with Gasteiger partial charge in [0.1, 0.15) is 5.69 Å². The number of carbonyl (C=O) groups excluding carboxylic acids is 1. The molecule has 1 aromatic rings. The van der Waals surface area contributed by atoms with Crippen molar-refractivity contribution in [2.45, 2.75) is 0 Å². The van der Waals surface area contributed by atoms with Crippen molar-refractivity contribution in [3.8, 4) is 0 Å². The maximum atomic E-state index is 12.6. The first-order valence-corrected chi connectivity index (χ1v) is 8.70. The van der Waals surface area contributed by atoms with Crippen LogP contribution in [0, 0.1) is 0 Å². The number of nitrogens with one attached hydrogen (secondary N) is 1. The normalized spacial score (nSPS) is 20.1. The maximum Gasteiger partial charge on any atom is 0.272 e. The number of likely N-dealkylation sites (N-methyl/N-ethyl adjacent to an activating group) is 1. The third kappa shape index (κ3) is 4.66. The second kappa shape index (κ2) is 8.41. The maximum absolute atomic E-state index is 12.6. The molecule has 0 unspecified atom stereocenters. The van der Waals surface area contributed by atoms with Crippen LogP contribution in [-0.4, -0.2) is 98.2 Å². The van der Waals surface area contributed by atoms with E-state index >= 15 is 0 Å². The van der Waals surface area contributed by atoms with Gasteiger partial charge in [-0.15, -0.1) is 0 Å². The topological polar surface area (TPSA) is 60.9 Å². The molecular weight excluding hydrogens is 306 g/mol. The fourth-order valence-electron chi connectivity index (χ4n) is 3.01. The molecule has 3 heterocycles. The van der Waals surface area contributed by atoms with Gasteiger partial charge in [0, 0.05) is 64.2 Å². The van der Waals surface area contributed by atoms with Crippen molar-refractivity contribution in [3.05, 3.63) is 24.0 Å². The lowest BCUT2D eigenvalue weighted by Gasteiger charge is -2.32. The summed E-state index contributed by atoms with van der Waals surface area (Å²) < 4.78 is 5.36. The van der Waals surface area contributed by atoms with Crippen LogP contribution in [0.15, 0.2) is 18.3 Å². The number of piperazine rings is 1. The predicted octanol–water partition coefficient (Wildman–Crippen LogP) is 0.213. The Balaban J connectivity index is 1.50. The first kappa shape index (κ1) is 17.1. The second-order valence-corrected chi connectivity index (χ2v) is 6.41. The smallest absolute Gasteiger partial charge is 0.272 e. The third-order valence-corrected chi connectivity index (χ3v) is 4.63. The Labute approximate surface area is 143 Å². The minimum atomic E-state index is 0.0277. The van der Waals surface area contributed by atoms with Crippen LogP contribution >= 0.6 is 0 Å². The zero-order chi connectivity index (χ0) is 16.8. The number of pyridine rings is 1. The van der Waals surface area contributed by atoms with Crippen LogP contribution < -0.4 is 5.32 Å². The summed E-state index contributed by atoms with van der Waals surface area (Å²) >= 11 is 0. The van der Waals surface area contributed by atoms with Crippen LogP contribution in [0.4, 0.5) is 5.69 Å². The summed E-state index contributed by atoms with van der Waals surface area (Å²) in [6.07, 6.45) is 1.71. The number of hydrogen-bond acceptors (Lipinski definition) is 6. The minimum absolute atomic E-state index is 0.0277. The molecule has 0 radical (unpaired) electrons. The van der Waals surface area contributed by atoms with E-state index in [0.717, 1.165) is 71.3 Å². The van der Waals surface area contributed by atoms with E-state index in [0.29, 0.717) is 5.69 Å². The Morgan fingerprint density at radius 1 is 1.21 bits per heavy atom. The second-order valence-electron chi connectivity index (χ2n) is 6.41. The van der Waals surface area contributed by atoms with Crippen molar-refractivity contribution >= 4 is 11.6 Å². The quantitative estimate of drug-likeness (QED) is 0.831. The predicted molar refractivity (Wildman–Crippen MR) is 93.4 cm³/mol. The van der Waals surface area contributed by atoms with E-state index in [4.69, 9.17) is 4.74 Å². The van der Waals surface area contributed by atoms with Crippen LogP contribution in [0.3, 0.4) is 0 Å². The van der Waals surface area contributed by atoms with E-state index in [1.807, 2.05) is 17.0 Å². The molecule has 7 nitrogen and oxygen atoms in total. The zero-order valence-corrected chi connectivity index (χ0v) is 14.4. The van der Waals surface area contributed by atoms with Gasteiger partial charge in [-0.2, -0.15) is 0 Å². The van der Waals surface area contributed by atoms with Gasteiger partial charge in [0.25, 0.3) is 5.91 Å². The van der Waals surface area contributed by atoms with Crippen molar-refractivity contribution in [1.82, 2.24) is 19.7 Å². The van der Waals surface area contributed by atoms with E-state index < -0.39 is 0 Å². The van der Waals surface area contributed by atoms with Gasteiger partial charge in [0.05, 0.1) is 13.2 Å². The SMILES string of the molecule is CN1CCN(C(=O)c2cc(NCCN3CCOCC3)ccn2)CC1. The number of aromatic nitrogens is 1. The molecule has 24 heavy (non-hydrogen) atoms. The van der Waals surface area contributed by atoms with E-state index in [2.05, 4.69) is 27.1 Å². The highest BCUT2D eigenvalue weighted by Crippen LogP contribution is 2.11.